The number of hydrogen-bond donors (Lipinski definition) is 2. The Morgan fingerprint density at radius 1 is 1.47 bits per heavy atom. The monoisotopic (exact) mass is 326 g/mol. The maximum Gasteiger partial charge on any atom is 0.217 e. The van der Waals surface area contributed by atoms with E-state index in [0.29, 0.717) is 12.5 Å². The number of rotatable bonds is 6. The van der Waals surface area contributed by atoms with Crippen molar-refractivity contribution in [3.63, 3.8) is 0 Å². The molecular formula is C14H19BrN2O2. The summed E-state index contributed by atoms with van der Waals surface area (Å²) >= 11 is 3.49. The number of amides is 1. The molecule has 1 aliphatic heterocycles. The highest BCUT2D eigenvalue weighted by atomic mass is 79.9. The number of primary amides is 1. The zero-order chi connectivity index (χ0) is 13.7. The van der Waals surface area contributed by atoms with Gasteiger partial charge in [-0.25, -0.2) is 0 Å². The summed E-state index contributed by atoms with van der Waals surface area (Å²) in [7, 11) is 0. The number of carbonyl (C=O) groups is 1. The molecule has 4 nitrogen and oxygen atoms in total. The third kappa shape index (κ3) is 4.21. The average molecular weight is 327 g/mol. The lowest BCUT2D eigenvalue weighted by atomic mass is 10.0. The minimum absolute atomic E-state index is 0.222. The van der Waals surface area contributed by atoms with Crippen LogP contribution < -0.4 is 15.8 Å². The summed E-state index contributed by atoms with van der Waals surface area (Å²) < 4.78 is 6.71. The van der Waals surface area contributed by atoms with Crippen LogP contribution in [0.25, 0.3) is 0 Å². The second-order valence-corrected chi connectivity index (χ2v) is 5.67. The number of benzene rings is 1. The van der Waals surface area contributed by atoms with Gasteiger partial charge in [-0.1, -0.05) is 15.9 Å². The summed E-state index contributed by atoms with van der Waals surface area (Å²) in [4.78, 5) is 10.6. The Morgan fingerprint density at radius 3 is 3.11 bits per heavy atom. The van der Waals surface area contributed by atoms with E-state index in [9.17, 15) is 4.79 Å². The van der Waals surface area contributed by atoms with Gasteiger partial charge >= 0.3 is 0 Å². The molecule has 5 heteroatoms. The van der Waals surface area contributed by atoms with Crippen molar-refractivity contribution in [1.82, 2.24) is 5.32 Å². The number of hydrogen-bond acceptors (Lipinski definition) is 3. The van der Waals surface area contributed by atoms with Gasteiger partial charge in [-0.15, -0.1) is 0 Å². The van der Waals surface area contributed by atoms with Gasteiger partial charge in [0, 0.05) is 28.9 Å². The van der Waals surface area contributed by atoms with Crippen molar-refractivity contribution >= 4 is 21.8 Å². The van der Waals surface area contributed by atoms with Crippen LogP contribution in [0.15, 0.2) is 22.7 Å². The Kier molecular flexibility index (Phi) is 5.22. The SMILES string of the molecule is NC(=O)CCCCNC1CCOc2ccc(Br)cc21. The first kappa shape index (κ1) is 14.3. The molecule has 1 heterocycles. The summed E-state index contributed by atoms with van der Waals surface area (Å²) in [5.74, 6) is 0.740. The smallest absolute Gasteiger partial charge is 0.217 e. The van der Waals surface area contributed by atoms with Crippen molar-refractivity contribution in [2.75, 3.05) is 13.2 Å². The van der Waals surface area contributed by atoms with Crippen molar-refractivity contribution in [3.8, 4) is 5.75 Å². The van der Waals surface area contributed by atoms with Crippen LogP contribution in [-0.4, -0.2) is 19.1 Å². The predicted octanol–water partition coefficient (Wildman–Crippen LogP) is 2.52. The molecule has 0 aliphatic carbocycles. The first-order valence-electron chi connectivity index (χ1n) is 6.61. The summed E-state index contributed by atoms with van der Waals surface area (Å²) in [6, 6.07) is 6.43. The normalized spacial score (nSPS) is 17.6. The third-order valence-electron chi connectivity index (χ3n) is 3.25. The predicted molar refractivity (Wildman–Crippen MR) is 78.0 cm³/mol. The van der Waals surface area contributed by atoms with E-state index in [1.807, 2.05) is 12.1 Å². The van der Waals surface area contributed by atoms with E-state index >= 15 is 0 Å². The van der Waals surface area contributed by atoms with Gasteiger partial charge < -0.3 is 15.8 Å². The maximum absolute atomic E-state index is 10.6. The second kappa shape index (κ2) is 6.91. The molecule has 1 aliphatic rings. The molecule has 0 spiro atoms. The third-order valence-corrected chi connectivity index (χ3v) is 3.75. The lowest BCUT2D eigenvalue weighted by Gasteiger charge is -2.27. The molecule has 3 N–H and O–H groups in total. The van der Waals surface area contributed by atoms with Gasteiger partial charge in [0.15, 0.2) is 0 Å². The highest BCUT2D eigenvalue weighted by Gasteiger charge is 2.20. The molecular weight excluding hydrogens is 308 g/mol. The molecule has 2 rings (SSSR count). The molecule has 1 atom stereocenters. The molecule has 0 aromatic heterocycles. The number of carbonyl (C=O) groups excluding carboxylic acids is 1. The minimum atomic E-state index is -0.222. The summed E-state index contributed by atoms with van der Waals surface area (Å²) in [5, 5.41) is 3.53. The highest BCUT2D eigenvalue weighted by Crippen LogP contribution is 2.33. The summed E-state index contributed by atoms with van der Waals surface area (Å²) in [6.07, 6.45) is 3.25. The molecule has 1 aromatic rings. The average Bonchev–Trinajstić information content (AvgIpc) is 2.38. The molecule has 0 bridgehead atoms. The van der Waals surface area contributed by atoms with Crippen LogP contribution in [-0.2, 0) is 4.79 Å². The summed E-state index contributed by atoms with van der Waals surface area (Å²) in [6.45, 7) is 1.64. The van der Waals surface area contributed by atoms with Gasteiger partial charge in [-0.3, -0.25) is 4.79 Å². The number of unbranched alkanes of at least 4 members (excludes halogenated alkanes) is 1. The van der Waals surface area contributed by atoms with Gasteiger partial charge in [0.2, 0.25) is 5.91 Å². The number of nitrogens with two attached hydrogens (primary N) is 1. The van der Waals surface area contributed by atoms with Crippen LogP contribution in [0.2, 0.25) is 0 Å². The molecule has 0 saturated heterocycles. The van der Waals surface area contributed by atoms with Crippen LogP contribution in [0.4, 0.5) is 0 Å². The highest BCUT2D eigenvalue weighted by molar-refractivity contribution is 9.10. The minimum Gasteiger partial charge on any atom is -0.493 e. The summed E-state index contributed by atoms with van der Waals surface area (Å²) in [5.41, 5.74) is 6.32. The quantitative estimate of drug-likeness (QED) is 0.789. The largest absolute Gasteiger partial charge is 0.493 e. The standard InChI is InChI=1S/C14H19BrN2O2/c15-10-4-5-13-11(9-10)12(6-8-19-13)17-7-2-1-3-14(16)18/h4-5,9,12,17H,1-3,6-8H2,(H2,16,18). The van der Waals surface area contributed by atoms with E-state index in [-0.39, 0.29) is 5.91 Å². The lowest BCUT2D eigenvalue weighted by molar-refractivity contribution is -0.118. The van der Waals surface area contributed by atoms with Crippen molar-refractivity contribution in [3.05, 3.63) is 28.2 Å². The van der Waals surface area contributed by atoms with Crippen LogP contribution >= 0.6 is 15.9 Å². The fourth-order valence-electron chi connectivity index (χ4n) is 2.28. The van der Waals surface area contributed by atoms with Gasteiger partial charge in [-0.2, -0.15) is 0 Å². The van der Waals surface area contributed by atoms with Crippen molar-refractivity contribution < 1.29 is 9.53 Å². The molecule has 0 saturated carbocycles. The second-order valence-electron chi connectivity index (χ2n) is 4.75. The van der Waals surface area contributed by atoms with E-state index < -0.39 is 0 Å². The van der Waals surface area contributed by atoms with Crippen LogP contribution in [0.5, 0.6) is 5.75 Å². The van der Waals surface area contributed by atoms with Crippen LogP contribution in [0, 0.1) is 0 Å². The van der Waals surface area contributed by atoms with E-state index in [2.05, 4.69) is 27.3 Å². The van der Waals surface area contributed by atoms with E-state index in [1.54, 1.807) is 0 Å². The van der Waals surface area contributed by atoms with Crippen LogP contribution in [0.3, 0.4) is 0 Å². The molecule has 1 unspecified atom stereocenters. The first-order valence-corrected chi connectivity index (χ1v) is 7.40. The molecule has 1 amide bonds. The Hall–Kier alpha value is -1.07. The zero-order valence-corrected chi connectivity index (χ0v) is 12.4. The molecule has 0 radical (unpaired) electrons. The van der Waals surface area contributed by atoms with E-state index in [1.165, 1.54) is 5.56 Å². The molecule has 104 valence electrons. The zero-order valence-electron chi connectivity index (χ0n) is 10.8. The van der Waals surface area contributed by atoms with E-state index in [0.717, 1.165) is 42.6 Å². The topological polar surface area (TPSA) is 64.4 Å². The van der Waals surface area contributed by atoms with E-state index in [4.69, 9.17) is 10.5 Å². The number of halogens is 1. The Bertz CT molecular complexity index is 451. The van der Waals surface area contributed by atoms with Gasteiger partial charge in [0.1, 0.15) is 5.75 Å². The number of ether oxygens (including phenoxy) is 1. The number of fused-ring (bicyclic) bond motifs is 1. The fraction of sp³-hybridized carbons (Fsp3) is 0.500. The van der Waals surface area contributed by atoms with Gasteiger partial charge in [0.25, 0.3) is 0 Å². The van der Waals surface area contributed by atoms with Crippen LogP contribution in [0.1, 0.15) is 37.3 Å². The Labute approximate surface area is 121 Å². The fourth-order valence-corrected chi connectivity index (χ4v) is 2.66. The van der Waals surface area contributed by atoms with Gasteiger partial charge in [-0.05, 0) is 37.6 Å². The van der Waals surface area contributed by atoms with Crippen molar-refractivity contribution in [2.24, 2.45) is 5.73 Å². The van der Waals surface area contributed by atoms with Crippen molar-refractivity contribution in [2.45, 2.75) is 31.7 Å². The molecule has 0 fully saturated rings. The molecule has 19 heavy (non-hydrogen) atoms. The first-order chi connectivity index (χ1) is 9.16. The number of nitrogens with one attached hydrogen (secondary N) is 1. The van der Waals surface area contributed by atoms with Gasteiger partial charge in [0.05, 0.1) is 6.61 Å². The van der Waals surface area contributed by atoms with Crippen molar-refractivity contribution in [1.29, 1.82) is 0 Å². The lowest BCUT2D eigenvalue weighted by Crippen LogP contribution is -2.28. The molecule has 1 aromatic carbocycles. The Balaban J connectivity index is 1.85. The maximum atomic E-state index is 10.6. The Morgan fingerprint density at radius 2 is 2.32 bits per heavy atom.